The van der Waals surface area contributed by atoms with E-state index in [0.29, 0.717) is 13.0 Å². The number of carbonyl (C=O) groups is 1. The minimum Gasteiger partial charge on any atom is -0.497 e. The number of carbonyl (C=O) groups excluding carboxylic acids is 1. The molecule has 1 amide bonds. The quantitative estimate of drug-likeness (QED) is 0.809. The Balaban J connectivity index is 1.79. The van der Waals surface area contributed by atoms with Gasteiger partial charge >= 0.3 is 0 Å². The van der Waals surface area contributed by atoms with Gasteiger partial charge in [-0.05, 0) is 39.0 Å². The minimum atomic E-state index is -0.954. The first-order valence-corrected chi connectivity index (χ1v) is 9.44. The molecular weight excluding hydrogens is 344 g/mol. The predicted octanol–water partition coefficient (Wildman–Crippen LogP) is 3.46. The highest BCUT2D eigenvalue weighted by Gasteiger charge is 2.63. The van der Waals surface area contributed by atoms with E-state index in [0.717, 1.165) is 28.0 Å². The lowest BCUT2D eigenvalue weighted by molar-refractivity contribution is -0.171. The van der Waals surface area contributed by atoms with Gasteiger partial charge in [0.2, 0.25) is 5.91 Å². The molecule has 148 valence electrons. The summed E-state index contributed by atoms with van der Waals surface area (Å²) >= 11 is 0. The molecule has 1 aromatic heterocycles. The molecule has 1 aliphatic carbocycles. The summed E-state index contributed by atoms with van der Waals surface area (Å²) in [7, 11) is 1.64. The van der Waals surface area contributed by atoms with E-state index in [9.17, 15) is 4.79 Å². The zero-order valence-electron chi connectivity index (χ0n) is 17.0. The molecule has 3 atom stereocenters. The van der Waals surface area contributed by atoms with Crippen LogP contribution in [0.15, 0.2) is 22.6 Å². The second-order valence-corrected chi connectivity index (χ2v) is 7.99. The predicted molar refractivity (Wildman–Crippen MR) is 105 cm³/mol. The molecule has 0 aliphatic heterocycles. The number of rotatable bonds is 6. The van der Waals surface area contributed by atoms with Crippen molar-refractivity contribution in [3.63, 3.8) is 0 Å². The van der Waals surface area contributed by atoms with Crippen molar-refractivity contribution >= 4 is 16.9 Å². The lowest BCUT2D eigenvalue weighted by Gasteiger charge is -2.57. The van der Waals surface area contributed by atoms with Gasteiger partial charge in [0, 0.05) is 29.4 Å². The topological polar surface area (TPSA) is 86.7 Å². The number of nitrogens with one attached hydrogen (secondary N) is 1. The van der Waals surface area contributed by atoms with Gasteiger partial charge in [0.05, 0.1) is 19.3 Å². The van der Waals surface area contributed by atoms with Crippen LogP contribution in [0.3, 0.4) is 0 Å². The molecule has 6 nitrogen and oxygen atoms in total. The first-order chi connectivity index (χ1) is 12.7. The molecule has 0 bridgehead atoms. The highest BCUT2D eigenvalue weighted by Crippen LogP contribution is 2.50. The maximum Gasteiger partial charge on any atom is 0.241 e. The van der Waals surface area contributed by atoms with Crippen LogP contribution in [0.2, 0.25) is 0 Å². The molecule has 1 saturated carbocycles. The van der Waals surface area contributed by atoms with Crippen LogP contribution >= 0.6 is 0 Å². The van der Waals surface area contributed by atoms with Gasteiger partial charge in [-0.2, -0.15) is 0 Å². The highest BCUT2D eigenvalue weighted by atomic mass is 16.5. The molecule has 2 aromatic rings. The summed E-state index contributed by atoms with van der Waals surface area (Å²) in [6.07, 6.45) is 0.511. The Morgan fingerprint density at radius 2 is 2.15 bits per heavy atom. The van der Waals surface area contributed by atoms with Crippen LogP contribution < -0.4 is 15.8 Å². The van der Waals surface area contributed by atoms with Gasteiger partial charge in [0.1, 0.15) is 22.6 Å². The van der Waals surface area contributed by atoms with Crippen molar-refractivity contribution in [2.75, 3.05) is 13.7 Å². The number of fused-ring (bicyclic) bond motifs is 1. The number of aryl methyl sites for hydroxylation is 1. The molecule has 3 N–H and O–H groups in total. The lowest BCUT2D eigenvalue weighted by atomic mass is 9.54. The maximum atomic E-state index is 13.0. The van der Waals surface area contributed by atoms with E-state index in [1.807, 2.05) is 52.8 Å². The summed E-state index contributed by atoms with van der Waals surface area (Å²) < 4.78 is 17.0. The molecule has 3 rings (SSSR count). The third-order valence-electron chi connectivity index (χ3n) is 6.16. The molecule has 0 radical (unpaired) electrons. The number of hydrogen-bond acceptors (Lipinski definition) is 5. The number of benzene rings is 1. The second-order valence-electron chi connectivity index (χ2n) is 7.99. The van der Waals surface area contributed by atoms with Gasteiger partial charge in [0.15, 0.2) is 0 Å². The molecule has 1 aromatic carbocycles. The lowest BCUT2D eigenvalue weighted by Crippen LogP contribution is -2.75. The molecule has 0 spiro atoms. The number of ether oxygens (including phenoxy) is 2. The average Bonchev–Trinajstić information content (AvgIpc) is 2.97. The van der Waals surface area contributed by atoms with E-state index >= 15 is 0 Å². The molecule has 6 heteroatoms. The third-order valence-corrected chi connectivity index (χ3v) is 6.16. The normalized spacial score (nSPS) is 25.1. The highest BCUT2D eigenvalue weighted by molar-refractivity contribution is 5.89. The van der Waals surface area contributed by atoms with E-state index < -0.39 is 11.0 Å². The number of amides is 1. The van der Waals surface area contributed by atoms with Crippen molar-refractivity contribution < 1.29 is 18.7 Å². The van der Waals surface area contributed by atoms with Gasteiger partial charge in [-0.25, -0.2) is 0 Å². The van der Waals surface area contributed by atoms with Gasteiger partial charge < -0.3 is 24.9 Å². The molecule has 1 heterocycles. The maximum absolute atomic E-state index is 13.0. The summed E-state index contributed by atoms with van der Waals surface area (Å²) in [5, 5.41) is 4.02. The molecule has 1 fully saturated rings. The summed E-state index contributed by atoms with van der Waals surface area (Å²) in [4.78, 5) is 13.0. The van der Waals surface area contributed by atoms with Gasteiger partial charge in [-0.3, -0.25) is 4.79 Å². The number of methoxy groups -OCH3 is 1. The monoisotopic (exact) mass is 374 g/mol. The number of hydrogen-bond donors (Lipinski definition) is 2. The Labute approximate surface area is 160 Å². The van der Waals surface area contributed by atoms with Crippen LogP contribution in [0, 0.1) is 12.3 Å². The Morgan fingerprint density at radius 3 is 2.74 bits per heavy atom. The van der Waals surface area contributed by atoms with Crippen LogP contribution in [0.4, 0.5) is 0 Å². The minimum absolute atomic E-state index is 0.00559. The third kappa shape index (κ3) is 3.01. The average molecular weight is 374 g/mol. The molecule has 27 heavy (non-hydrogen) atoms. The summed E-state index contributed by atoms with van der Waals surface area (Å²) in [5.41, 5.74) is 6.86. The van der Waals surface area contributed by atoms with Crippen molar-refractivity contribution in [3.8, 4) is 5.75 Å². The van der Waals surface area contributed by atoms with Crippen molar-refractivity contribution in [2.24, 2.45) is 11.1 Å². The zero-order chi connectivity index (χ0) is 20.0. The fourth-order valence-corrected chi connectivity index (χ4v) is 3.97. The fourth-order valence-electron chi connectivity index (χ4n) is 3.97. The van der Waals surface area contributed by atoms with Gasteiger partial charge in [0.25, 0.3) is 0 Å². The van der Waals surface area contributed by atoms with E-state index in [1.54, 1.807) is 7.11 Å². The van der Waals surface area contributed by atoms with E-state index in [2.05, 4.69) is 5.32 Å². The number of nitrogens with two attached hydrogens (primary N) is 1. The van der Waals surface area contributed by atoms with E-state index in [4.69, 9.17) is 19.6 Å². The van der Waals surface area contributed by atoms with Crippen LogP contribution in [0.1, 0.15) is 51.5 Å². The first kappa shape index (κ1) is 19.7. The fraction of sp³-hybridized carbons (Fsp3) is 0.571. The second kappa shape index (κ2) is 6.84. The molecular formula is C21H30N2O4. The van der Waals surface area contributed by atoms with Crippen LogP contribution in [0.5, 0.6) is 5.75 Å². The van der Waals surface area contributed by atoms with Gasteiger partial charge in [-0.1, -0.05) is 13.8 Å². The van der Waals surface area contributed by atoms with Crippen molar-refractivity contribution in [1.29, 1.82) is 0 Å². The van der Waals surface area contributed by atoms with E-state index in [1.165, 1.54) is 0 Å². The molecule has 0 saturated heterocycles. The Hall–Kier alpha value is -2.05. The van der Waals surface area contributed by atoms with Gasteiger partial charge in [-0.15, -0.1) is 0 Å². The largest absolute Gasteiger partial charge is 0.497 e. The van der Waals surface area contributed by atoms with Crippen molar-refractivity contribution in [3.05, 3.63) is 29.5 Å². The summed E-state index contributed by atoms with van der Waals surface area (Å²) in [6, 6.07) is 5.39. The Morgan fingerprint density at radius 1 is 1.44 bits per heavy atom. The van der Waals surface area contributed by atoms with Crippen LogP contribution in [-0.4, -0.2) is 31.3 Å². The summed E-state index contributed by atoms with van der Waals surface area (Å²) in [6.45, 7) is 10.4. The van der Waals surface area contributed by atoms with E-state index in [-0.39, 0.29) is 18.1 Å². The molecule has 3 unspecified atom stereocenters. The first-order valence-electron chi connectivity index (χ1n) is 9.44. The SMILES string of the molecule is CCOC1CC(N)(C(=O)NC(C)c2oc3ccc(OC)cc3c2C)C1(C)C. The van der Waals surface area contributed by atoms with Crippen molar-refractivity contribution in [2.45, 2.75) is 58.7 Å². The standard InChI is InChI=1S/C21H30N2O4/c1-7-26-17-11-21(22,20(17,4)5)19(24)23-13(3)18-12(2)15-10-14(25-6)8-9-16(15)27-18/h8-10,13,17H,7,11,22H2,1-6H3,(H,23,24). The molecule has 1 aliphatic rings. The Kier molecular flexibility index (Phi) is 4.99. The number of furan rings is 1. The Bertz CT molecular complexity index is 857. The smallest absolute Gasteiger partial charge is 0.241 e. The van der Waals surface area contributed by atoms with Crippen molar-refractivity contribution in [1.82, 2.24) is 5.32 Å². The zero-order valence-corrected chi connectivity index (χ0v) is 17.0. The summed E-state index contributed by atoms with van der Waals surface area (Å²) in [5.74, 6) is 1.33. The van der Waals surface area contributed by atoms with Crippen LogP contribution in [-0.2, 0) is 9.53 Å². The van der Waals surface area contributed by atoms with Crippen LogP contribution in [0.25, 0.3) is 11.0 Å².